The third-order valence-corrected chi connectivity index (χ3v) is 2.96. The second kappa shape index (κ2) is 5.62. The molecule has 3 rings (SSSR count). The Morgan fingerprint density at radius 3 is 2.86 bits per heavy atom. The van der Waals surface area contributed by atoms with Gasteiger partial charge in [0.2, 0.25) is 0 Å². The molecule has 0 bridgehead atoms. The highest BCUT2D eigenvalue weighted by Crippen LogP contribution is 2.17. The van der Waals surface area contributed by atoms with Gasteiger partial charge in [0.25, 0.3) is 5.91 Å². The highest BCUT2D eigenvalue weighted by atomic mass is 16.5. The van der Waals surface area contributed by atoms with Gasteiger partial charge in [-0.2, -0.15) is 0 Å². The van der Waals surface area contributed by atoms with Gasteiger partial charge in [0.05, 0.1) is 18.2 Å². The molecule has 0 radical (unpaired) electrons. The number of furan rings is 1. The number of hydrogen-bond acceptors (Lipinski definition) is 5. The summed E-state index contributed by atoms with van der Waals surface area (Å²) in [5.74, 6) is 0.331. The molecule has 6 nitrogen and oxygen atoms in total. The molecule has 0 aliphatic carbocycles. The van der Waals surface area contributed by atoms with E-state index in [0.29, 0.717) is 12.3 Å². The minimum absolute atomic E-state index is 0.272. The first-order valence-corrected chi connectivity index (χ1v) is 6.41. The molecule has 0 saturated heterocycles. The van der Waals surface area contributed by atoms with Gasteiger partial charge in [-0.15, -0.1) is 0 Å². The molecular formula is C15H13N3O3. The molecule has 106 valence electrons. The second-order valence-corrected chi connectivity index (χ2v) is 4.57. The third-order valence-electron chi connectivity index (χ3n) is 2.96. The van der Waals surface area contributed by atoms with Gasteiger partial charge in [-0.05, 0) is 24.6 Å². The van der Waals surface area contributed by atoms with E-state index in [2.05, 4.69) is 15.5 Å². The van der Waals surface area contributed by atoms with Gasteiger partial charge in [-0.3, -0.25) is 9.78 Å². The highest BCUT2D eigenvalue weighted by Gasteiger charge is 2.10. The predicted octanol–water partition coefficient (Wildman–Crippen LogP) is 2.57. The van der Waals surface area contributed by atoms with Crippen LogP contribution in [0.5, 0.6) is 0 Å². The van der Waals surface area contributed by atoms with Crippen LogP contribution in [0.4, 0.5) is 0 Å². The average molecular weight is 283 g/mol. The van der Waals surface area contributed by atoms with Crippen molar-refractivity contribution in [2.45, 2.75) is 13.5 Å². The van der Waals surface area contributed by atoms with Gasteiger partial charge >= 0.3 is 0 Å². The van der Waals surface area contributed by atoms with Crippen LogP contribution in [0.25, 0.3) is 11.3 Å². The lowest BCUT2D eigenvalue weighted by Crippen LogP contribution is -2.23. The number of nitrogens with zero attached hydrogens (tertiary/aromatic N) is 2. The van der Waals surface area contributed by atoms with Gasteiger partial charge in [-0.25, -0.2) is 0 Å². The number of aryl methyl sites for hydroxylation is 1. The molecule has 0 atom stereocenters. The summed E-state index contributed by atoms with van der Waals surface area (Å²) in [5.41, 5.74) is 2.92. The van der Waals surface area contributed by atoms with E-state index in [-0.39, 0.29) is 11.6 Å². The summed E-state index contributed by atoms with van der Waals surface area (Å²) in [4.78, 5) is 16.1. The zero-order valence-electron chi connectivity index (χ0n) is 11.4. The number of pyridine rings is 1. The molecule has 0 aliphatic rings. The molecule has 0 fully saturated rings. The van der Waals surface area contributed by atoms with E-state index >= 15 is 0 Å². The standard InChI is InChI=1S/C15H13N3O3/c1-10-6-14(18-21-10)15(19)17-8-11-2-3-13(16-7-11)12-4-5-20-9-12/h2-7,9H,8H2,1H3,(H,17,19). The molecule has 1 N–H and O–H groups in total. The molecular weight excluding hydrogens is 270 g/mol. The monoisotopic (exact) mass is 283 g/mol. The third kappa shape index (κ3) is 3.00. The first-order valence-electron chi connectivity index (χ1n) is 6.41. The van der Waals surface area contributed by atoms with Gasteiger partial charge in [0.1, 0.15) is 5.76 Å². The molecule has 3 heterocycles. The lowest BCUT2D eigenvalue weighted by Gasteiger charge is -2.03. The Morgan fingerprint density at radius 1 is 1.33 bits per heavy atom. The average Bonchev–Trinajstić information content (AvgIpc) is 3.16. The zero-order chi connectivity index (χ0) is 14.7. The largest absolute Gasteiger partial charge is 0.472 e. The smallest absolute Gasteiger partial charge is 0.273 e. The number of hydrogen-bond donors (Lipinski definition) is 1. The summed E-state index contributed by atoms with van der Waals surface area (Å²) in [7, 11) is 0. The summed E-state index contributed by atoms with van der Waals surface area (Å²) in [6.45, 7) is 2.12. The molecule has 3 aromatic heterocycles. The van der Waals surface area contributed by atoms with E-state index in [0.717, 1.165) is 16.8 Å². The van der Waals surface area contributed by atoms with Crippen LogP contribution in [0.2, 0.25) is 0 Å². The molecule has 1 amide bonds. The number of amides is 1. The number of carbonyl (C=O) groups is 1. The van der Waals surface area contributed by atoms with Crippen LogP contribution in [0.1, 0.15) is 21.8 Å². The van der Waals surface area contributed by atoms with Crippen molar-refractivity contribution in [2.24, 2.45) is 0 Å². The molecule has 6 heteroatoms. The Balaban J connectivity index is 1.62. The summed E-state index contributed by atoms with van der Waals surface area (Å²) in [6.07, 6.45) is 4.96. The van der Waals surface area contributed by atoms with Crippen molar-refractivity contribution in [1.29, 1.82) is 0 Å². The molecule has 0 aliphatic heterocycles. The molecule has 0 saturated carbocycles. The number of carbonyl (C=O) groups excluding carboxylic acids is 1. The first-order chi connectivity index (χ1) is 10.2. The minimum Gasteiger partial charge on any atom is -0.472 e. The molecule has 0 aromatic carbocycles. The lowest BCUT2D eigenvalue weighted by molar-refractivity contribution is 0.0942. The van der Waals surface area contributed by atoms with Crippen LogP contribution in [-0.2, 0) is 6.54 Å². The van der Waals surface area contributed by atoms with Crippen LogP contribution in [0.3, 0.4) is 0 Å². The Labute approximate surface area is 120 Å². The van der Waals surface area contributed by atoms with Crippen molar-refractivity contribution in [1.82, 2.24) is 15.5 Å². The minimum atomic E-state index is -0.272. The molecule has 3 aromatic rings. The van der Waals surface area contributed by atoms with E-state index in [1.807, 2.05) is 18.2 Å². The van der Waals surface area contributed by atoms with Crippen LogP contribution in [0, 0.1) is 6.92 Å². The van der Waals surface area contributed by atoms with Crippen LogP contribution < -0.4 is 5.32 Å². The Kier molecular flexibility index (Phi) is 3.51. The Bertz CT molecular complexity index is 730. The van der Waals surface area contributed by atoms with E-state index in [1.54, 1.807) is 31.7 Å². The van der Waals surface area contributed by atoms with Crippen LogP contribution in [-0.4, -0.2) is 16.0 Å². The zero-order valence-corrected chi connectivity index (χ0v) is 11.4. The highest BCUT2D eigenvalue weighted by molar-refractivity contribution is 5.92. The summed E-state index contributed by atoms with van der Waals surface area (Å²) >= 11 is 0. The molecule has 0 unspecified atom stereocenters. The number of nitrogens with one attached hydrogen (secondary N) is 1. The normalized spacial score (nSPS) is 10.5. The van der Waals surface area contributed by atoms with E-state index < -0.39 is 0 Å². The summed E-state index contributed by atoms with van der Waals surface area (Å²) < 4.78 is 9.88. The van der Waals surface area contributed by atoms with E-state index in [1.165, 1.54) is 0 Å². The van der Waals surface area contributed by atoms with Crippen molar-refractivity contribution in [3.63, 3.8) is 0 Å². The number of aromatic nitrogens is 2. The predicted molar refractivity (Wildman–Crippen MR) is 74.3 cm³/mol. The van der Waals surface area contributed by atoms with Gasteiger partial charge < -0.3 is 14.3 Å². The Hall–Kier alpha value is -2.89. The van der Waals surface area contributed by atoms with Gasteiger partial charge in [0, 0.05) is 24.4 Å². The van der Waals surface area contributed by atoms with E-state index in [4.69, 9.17) is 8.94 Å². The first kappa shape index (κ1) is 13.1. The second-order valence-electron chi connectivity index (χ2n) is 4.57. The fourth-order valence-electron chi connectivity index (χ4n) is 1.86. The topological polar surface area (TPSA) is 81.2 Å². The van der Waals surface area contributed by atoms with Crippen molar-refractivity contribution in [3.05, 3.63) is 60.0 Å². The number of rotatable bonds is 4. The fraction of sp³-hybridized carbons (Fsp3) is 0.133. The van der Waals surface area contributed by atoms with Gasteiger partial charge in [0.15, 0.2) is 5.69 Å². The lowest BCUT2D eigenvalue weighted by atomic mass is 10.2. The maximum Gasteiger partial charge on any atom is 0.273 e. The summed E-state index contributed by atoms with van der Waals surface area (Å²) in [6, 6.07) is 7.22. The van der Waals surface area contributed by atoms with Crippen molar-refractivity contribution >= 4 is 5.91 Å². The fourth-order valence-corrected chi connectivity index (χ4v) is 1.86. The SMILES string of the molecule is Cc1cc(C(=O)NCc2ccc(-c3ccoc3)nc2)no1. The molecule has 0 spiro atoms. The van der Waals surface area contributed by atoms with Crippen LogP contribution >= 0.6 is 0 Å². The maximum atomic E-state index is 11.8. The van der Waals surface area contributed by atoms with Crippen molar-refractivity contribution in [3.8, 4) is 11.3 Å². The van der Waals surface area contributed by atoms with Crippen LogP contribution in [0.15, 0.2) is 51.9 Å². The summed E-state index contributed by atoms with van der Waals surface area (Å²) in [5, 5.41) is 6.43. The quantitative estimate of drug-likeness (QED) is 0.795. The Morgan fingerprint density at radius 2 is 2.24 bits per heavy atom. The van der Waals surface area contributed by atoms with Gasteiger partial charge in [-0.1, -0.05) is 11.2 Å². The molecule has 21 heavy (non-hydrogen) atoms. The van der Waals surface area contributed by atoms with Crippen molar-refractivity contribution in [2.75, 3.05) is 0 Å². The van der Waals surface area contributed by atoms with E-state index in [9.17, 15) is 4.79 Å². The van der Waals surface area contributed by atoms with Crippen molar-refractivity contribution < 1.29 is 13.7 Å². The maximum absolute atomic E-state index is 11.8.